The van der Waals surface area contributed by atoms with E-state index in [9.17, 15) is 0 Å². The van der Waals surface area contributed by atoms with Crippen LogP contribution in [0.5, 0.6) is 0 Å². The van der Waals surface area contributed by atoms with Gasteiger partial charge in [0.2, 0.25) is 0 Å². The molecule has 0 aliphatic heterocycles. The van der Waals surface area contributed by atoms with Crippen LogP contribution in [-0.4, -0.2) is 13.1 Å². The van der Waals surface area contributed by atoms with E-state index in [0.717, 1.165) is 13.1 Å². The Morgan fingerprint density at radius 2 is 1.75 bits per heavy atom. The fourth-order valence-electron chi connectivity index (χ4n) is 2.45. The largest absolute Gasteiger partial charge is 0.316 e. The van der Waals surface area contributed by atoms with E-state index in [1.165, 1.54) is 24.0 Å². The smallest absolute Gasteiger partial charge is 0.0146 e. The first-order valence-corrected chi connectivity index (χ1v) is 6.20. The zero-order chi connectivity index (χ0) is 11.4. The molecule has 86 valence electrons. The minimum absolute atomic E-state index is 0.309. The Morgan fingerprint density at radius 3 is 2.31 bits per heavy atom. The van der Waals surface area contributed by atoms with E-state index < -0.39 is 0 Å². The van der Waals surface area contributed by atoms with Crippen molar-refractivity contribution in [3.05, 3.63) is 47.5 Å². The lowest BCUT2D eigenvalue weighted by Gasteiger charge is -2.30. The zero-order valence-electron chi connectivity index (χ0n) is 10.3. The van der Waals surface area contributed by atoms with Gasteiger partial charge in [-0.3, -0.25) is 0 Å². The third-order valence-electron chi connectivity index (χ3n) is 3.56. The maximum absolute atomic E-state index is 3.50. The van der Waals surface area contributed by atoms with Crippen molar-refractivity contribution in [3.8, 4) is 0 Å². The number of benzene rings is 1. The van der Waals surface area contributed by atoms with Crippen LogP contribution in [0.25, 0.3) is 0 Å². The van der Waals surface area contributed by atoms with Crippen molar-refractivity contribution in [2.75, 3.05) is 13.1 Å². The predicted octanol–water partition coefficient (Wildman–Crippen LogP) is 3.19. The molecule has 0 saturated heterocycles. The first kappa shape index (κ1) is 11.4. The molecule has 1 aliphatic carbocycles. The zero-order valence-corrected chi connectivity index (χ0v) is 10.3. The number of allylic oxidation sites excluding steroid dienone is 2. The van der Waals surface area contributed by atoms with Gasteiger partial charge in [0.1, 0.15) is 0 Å². The molecule has 1 aromatic carbocycles. The highest BCUT2D eigenvalue weighted by molar-refractivity contribution is 5.33. The summed E-state index contributed by atoms with van der Waals surface area (Å²) in [6.45, 7) is 6.45. The quantitative estimate of drug-likeness (QED) is 0.761. The summed E-state index contributed by atoms with van der Waals surface area (Å²) in [5, 5.41) is 3.50. The molecule has 1 N–H and O–H groups in total. The van der Waals surface area contributed by atoms with Crippen LogP contribution < -0.4 is 5.32 Å². The summed E-state index contributed by atoms with van der Waals surface area (Å²) in [5.41, 5.74) is 3.13. The van der Waals surface area contributed by atoms with Gasteiger partial charge in [0, 0.05) is 12.0 Å². The molecule has 1 aromatic rings. The highest BCUT2D eigenvalue weighted by Gasteiger charge is 2.32. The van der Waals surface area contributed by atoms with Gasteiger partial charge in [-0.15, -0.1) is 0 Å². The summed E-state index contributed by atoms with van der Waals surface area (Å²) in [7, 11) is 0. The van der Waals surface area contributed by atoms with Gasteiger partial charge in [-0.2, -0.15) is 0 Å². The summed E-state index contributed by atoms with van der Waals surface area (Å²) in [5.74, 6) is 0. The Hall–Kier alpha value is -1.08. The standard InChI is InChI=1S/C15H21N/c1-3-16-12-15(10-4-5-11-15)14-8-6-13(2)7-9-14/h4-9,16H,3,10-12H2,1-2H3. The number of aryl methyl sites for hydroxylation is 1. The third kappa shape index (κ3) is 2.19. The molecule has 0 unspecified atom stereocenters. The number of nitrogens with one attached hydrogen (secondary N) is 1. The lowest BCUT2D eigenvalue weighted by molar-refractivity contribution is 0.424. The van der Waals surface area contributed by atoms with Crippen molar-refractivity contribution in [1.29, 1.82) is 0 Å². The highest BCUT2D eigenvalue weighted by Crippen LogP contribution is 2.36. The van der Waals surface area contributed by atoms with Crippen molar-refractivity contribution >= 4 is 0 Å². The van der Waals surface area contributed by atoms with E-state index in [4.69, 9.17) is 0 Å². The van der Waals surface area contributed by atoms with Gasteiger partial charge in [-0.1, -0.05) is 48.9 Å². The molecular weight excluding hydrogens is 194 g/mol. The van der Waals surface area contributed by atoms with Gasteiger partial charge < -0.3 is 5.32 Å². The molecule has 1 aliphatic rings. The maximum atomic E-state index is 3.50. The Morgan fingerprint density at radius 1 is 1.12 bits per heavy atom. The average molecular weight is 215 g/mol. The van der Waals surface area contributed by atoms with Crippen LogP contribution in [0.4, 0.5) is 0 Å². The molecule has 0 heterocycles. The fraction of sp³-hybridized carbons (Fsp3) is 0.467. The van der Waals surface area contributed by atoms with Crippen molar-refractivity contribution < 1.29 is 0 Å². The Labute approximate surface area is 98.6 Å². The van der Waals surface area contributed by atoms with E-state index >= 15 is 0 Å². The van der Waals surface area contributed by atoms with Crippen LogP contribution in [0, 0.1) is 6.92 Å². The molecule has 0 amide bonds. The molecule has 0 fully saturated rings. The van der Waals surface area contributed by atoms with Gasteiger partial charge in [0.25, 0.3) is 0 Å². The van der Waals surface area contributed by atoms with Crippen LogP contribution >= 0.6 is 0 Å². The SMILES string of the molecule is CCNCC1(c2ccc(C)cc2)CC=CC1. The number of hydrogen-bond acceptors (Lipinski definition) is 1. The summed E-state index contributed by atoms with van der Waals surface area (Å²) in [4.78, 5) is 0. The van der Waals surface area contributed by atoms with Crippen LogP contribution in [0.3, 0.4) is 0 Å². The Kier molecular flexibility index (Phi) is 3.45. The third-order valence-corrected chi connectivity index (χ3v) is 3.56. The summed E-state index contributed by atoms with van der Waals surface area (Å²) in [6, 6.07) is 9.03. The molecular formula is C15H21N. The van der Waals surface area contributed by atoms with Crippen molar-refractivity contribution in [1.82, 2.24) is 5.32 Å². The highest BCUT2D eigenvalue weighted by atomic mass is 14.9. The second kappa shape index (κ2) is 4.84. The van der Waals surface area contributed by atoms with E-state index in [2.05, 4.69) is 55.6 Å². The van der Waals surface area contributed by atoms with Gasteiger partial charge >= 0.3 is 0 Å². The molecule has 16 heavy (non-hydrogen) atoms. The van der Waals surface area contributed by atoms with Crippen molar-refractivity contribution in [2.45, 2.75) is 32.1 Å². The first-order chi connectivity index (χ1) is 7.77. The van der Waals surface area contributed by atoms with Crippen molar-refractivity contribution in [3.63, 3.8) is 0 Å². The summed E-state index contributed by atoms with van der Waals surface area (Å²) < 4.78 is 0. The second-order valence-electron chi connectivity index (χ2n) is 4.81. The van der Waals surface area contributed by atoms with E-state index in [1.54, 1.807) is 0 Å². The van der Waals surface area contributed by atoms with Crippen LogP contribution in [0.2, 0.25) is 0 Å². The minimum atomic E-state index is 0.309. The Balaban J connectivity index is 2.21. The number of hydrogen-bond donors (Lipinski definition) is 1. The lowest BCUT2D eigenvalue weighted by Crippen LogP contribution is -2.36. The summed E-state index contributed by atoms with van der Waals surface area (Å²) >= 11 is 0. The fourth-order valence-corrected chi connectivity index (χ4v) is 2.45. The maximum Gasteiger partial charge on any atom is 0.0146 e. The van der Waals surface area contributed by atoms with E-state index in [0.29, 0.717) is 5.41 Å². The number of likely N-dealkylation sites (N-methyl/N-ethyl adjacent to an activating group) is 1. The van der Waals surface area contributed by atoms with Gasteiger partial charge in [0.15, 0.2) is 0 Å². The Bertz CT molecular complexity index is 354. The minimum Gasteiger partial charge on any atom is -0.316 e. The topological polar surface area (TPSA) is 12.0 Å². The molecule has 0 radical (unpaired) electrons. The molecule has 0 saturated carbocycles. The monoisotopic (exact) mass is 215 g/mol. The molecule has 1 nitrogen and oxygen atoms in total. The predicted molar refractivity (Wildman–Crippen MR) is 69.8 cm³/mol. The van der Waals surface area contributed by atoms with Gasteiger partial charge in [-0.25, -0.2) is 0 Å². The van der Waals surface area contributed by atoms with Crippen LogP contribution in [0.1, 0.15) is 30.9 Å². The van der Waals surface area contributed by atoms with Crippen LogP contribution in [-0.2, 0) is 5.41 Å². The van der Waals surface area contributed by atoms with Gasteiger partial charge in [-0.05, 0) is 31.9 Å². The molecule has 0 spiro atoms. The first-order valence-electron chi connectivity index (χ1n) is 6.20. The van der Waals surface area contributed by atoms with Crippen LogP contribution in [0.15, 0.2) is 36.4 Å². The molecule has 0 aromatic heterocycles. The molecule has 0 atom stereocenters. The number of rotatable bonds is 4. The second-order valence-corrected chi connectivity index (χ2v) is 4.81. The lowest BCUT2D eigenvalue weighted by atomic mass is 9.78. The van der Waals surface area contributed by atoms with Crippen molar-refractivity contribution in [2.24, 2.45) is 0 Å². The van der Waals surface area contributed by atoms with E-state index in [1.807, 2.05) is 0 Å². The van der Waals surface area contributed by atoms with Gasteiger partial charge in [0.05, 0.1) is 0 Å². The molecule has 2 rings (SSSR count). The van der Waals surface area contributed by atoms with E-state index in [-0.39, 0.29) is 0 Å². The normalized spacial score (nSPS) is 17.9. The average Bonchev–Trinajstić information content (AvgIpc) is 2.77. The molecule has 0 bridgehead atoms. The summed E-state index contributed by atoms with van der Waals surface area (Å²) in [6.07, 6.45) is 6.97. The molecule has 1 heteroatoms.